The summed E-state index contributed by atoms with van der Waals surface area (Å²) < 4.78 is 11.7. The molecule has 0 bridgehead atoms. The number of fused-ring (bicyclic) bond motifs is 2. The summed E-state index contributed by atoms with van der Waals surface area (Å²) in [6.45, 7) is 1.97. The van der Waals surface area contributed by atoms with Gasteiger partial charge in [-0.1, -0.05) is 6.07 Å². The number of pyridine rings is 1. The van der Waals surface area contributed by atoms with Crippen molar-refractivity contribution >= 4 is 28.1 Å². The number of imidazole rings is 3. The number of benzene rings is 2. The Kier molecular flexibility index (Phi) is 4.58. The minimum absolute atomic E-state index is 0.752. The minimum Gasteiger partial charge on any atom is -0.494 e. The molecular formula is C26H23N7O. The van der Waals surface area contributed by atoms with Gasteiger partial charge in [-0.15, -0.1) is 0 Å². The molecule has 0 unspecified atom stereocenters. The van der Waals surface area contributed by atoms with Crippen LogP contribution in [0.3, 0.4) is 0 Å². The summed E-state index contributed by atoms with van der Waals surface area (Å²) in [5, 5.41) is 3.50. The second kappa shape index (κ2) is 7.77. The number of aromatic nitrogens is 6. The second-order valence-electron chi connectivity index (χ2n) is 8.27. The average Bonchev–Trinajstić information content (AvgIpc) is 3.58. The summed E-state index contributed by atoms with van der Waals surface area (Å²) in [5.74, 6) is 0.752. The van der Waals surface area contributed by atoms with Gasteiger partial charge < -0.3 is 23.6 Å². The first kappa shape index (κ1) is 20.0. The molecule has 0 spiro atoms. The molecule has 0 atom stereocenters. The highest BCUT2D eigenvalue weighted by Crippen LogP contribution is 2.31. The smallest absolute Gasteiger partial charge is 0.161 e. The first-order valence-electron chi connectivity index (χ1n) is 10.9. The van der Waals surface area contributed by atoms with Crippen LogP contribution in [0.4, 0.5) is 11.4 Å². The van der Waals surface area contributed by atoms with Crippen molar-refractivity contribution in [1.82, 2.24) is 28.5 Å². The fraction of sp³-hybridized carbons (Fsp3) is 0.115. The van der Waals surface area contributed by atoms with E-state index in [0.29, 0.717) is 0 Å². The Labute approximate surface area is 196 Å². The van der Waals surface area contributed by atoms with Crippen LogP contribution in [-0.4, -0.2) is 35.6 Å². The zero-order chi connectivity index (χ0) is 23.2. The van der Waals surface area contributed by atoms with E-state index in [1.807, 2.05) is 82.8 Å². The van der Waals surface area contributed by atoms with Crippen LogP contribution < -0.4 is 10.1 Å². The fourth-order valence-electron chi connectivity index (χ4n) is 4.22. The molecule has 34 heavy (non-hydrogen) atoms. The summed E-state index contributed by atoms with van der Waals surface area (Å²) >= 11 is 0. The third-order valence-electron chi connectivity index (χ3n) is 5.95. The number of rotatable bonds is 5. The van der Waals surface area contributed by atoms with Crippen molar-refractivity contribution in [2.75, 3.05) is 12.4 Å². The summed E-state index contributed by atoms with van der Waals surface area (Å²) in [4.78, 5) is 13.7. The van der Waals surface area contributed by atoms with Crippen LogP contribution in [0.1, 0.15) is 5.69 Å². The third-order valence-corrected chi connectivity index (χ3v) is 5.95. The van der Waals surface area contributed by atoms with Gasteiger partial charge in [0.15, 0.2) is 5.65 Å². The highest BCUT2D eigenvalue weighted by atomic mass is 16.5. The summed E-state index contributed by atoms with van der Waals surface area (Å²) in [5.41, 5.74) is 8.51. The third kappa shape index (κ3) is 3.36. The number of hydrogen-bond acceptors (Lipinski definition) is 5. The number of hydrogen-bond donors (Lipinski definition) is 1. The Hall–Kier alpha value is -4.59. The van der Waals surface area contributed by atoms with Gasteiger partial charge in [-0.3, -0.25) is 0 Å². The van der Waals surface area contributed by atoms with Gasteiger partial charge in [0.25, 0.3) is 0 Å². The Morgan fingerprint density at radius 1 is 0.971 bits per heavy atom. The molecule has 0 fully saturated rings. The van der Waals surface area contributed by atoms with E-state index in [1.54, 1.807) is 13.4 Å². The standard InChI is InChI=1S/C26H23N7O/c1-17-13-33(16-27-17)24-9-7-19(12-25(24)34-3)29-20-5-4-10-32-14-22(30-26(20)32)18-6-8-23-21(11-18)28-15-31(23)2/h4-16,29H,1-3H3. The number of methoxy groups -OCH3 is 1. The van der Waals surface area contributed by atoms with Gasteiger partial charge >= 0.3 is 0 Å². The summed E-state index contributed by atoms with van der Waals surface area (Å²) in [6, 6.07) is 16.3. The van der Waals surface area contributed by atoms with E-state index in [4.69, 9.17) is 9.72 Å². The van der Waals surface area contributed by atoms with Crippen molar-refractivity contribution in [2.45, 2.75) is 6.92 Å². The summed E-state index contributed by atoms with van der Waals surface area (Å²) in [6.07, 6.45) is 9.63. The van der Waals surface area contributed by atoms with Crippen molar-refractivity contribution in [3.05, 3.63) is 85.5 Å². The van der Waals surface area contributed by atoms with E-state index in [9.17, 15) is 0 Å². The Morgan fingerprint density at radius 2 is 1.88 bits per heavy atom. The van der Waals surface area contributed by atoms with Gasteiger partial charge in [0, 0.05) is 43.0 Å². The number of ether oxygens (including phenoxy) is 1. The molecule has 0 aliphatic heterocycles. The monoisotopic (exact) mass is 449 g/mol. The normalized spacial score (nSPS) is 11.4. The lowest BCUT2D eigenvalue weighted by atomic mass is 10.1. The van der Waals surface area contributed by atoms with Crippen molar-refractivity contribution in [3.8, 4) is 22.7 Å². The predicted molar refractivity (Wildman–Crippen MR) is 133 cm³/mol. The van der Waals surface area contributed by atoms with E-state index >= 15 is 0 Å². The summed E-state index contributed by atoms with van der Waals surface area (Å²) in [7, 11) is 3.67. The lowest BCUT2D eigenvalue weighted by molar-refractivity contribution is 0.413. The predicted octanol–water partition coefficient (Wildman–Crippen LogP) is 5.13. The van der Waals surface area contributed by atoms with E-state index in [-0.39, 0.29) is 0 Å². The van der Waals surface area contributed by atoms with Gasteiger partial charge in [-0.25, -0.2) is 15.0 Å². The van der Waals surface area contributed by atoms with Crippen LogP contribution >= 0.6 is 0 Å². The molecule has 1 N–H and O–H groups in total. The lowest BCUT2D eigenvalue weighted by Crippen LogP contribution is -1.99. The minimum atomic E-state index is 0.752. The van der Waals surface area contributed by atoms with Crippen LogP contribution in [0, 0.1) is 6.92 Å². The second-order valence-corrected chi connectivity index (χ2v) is 8.27. The van der Waals surface area contributed by atoms with Gasteiger partial charge in [0.1, 0.15) is 5.75 Å². The fourth-order valence-corrected chi connectivity index (χ4v) is 4.22. The van der Waals surface area contributed by atoms with Crippen molar-refractivity contribution < 1.29 is 4.74 Å². The number of nitrogens with zero attached hydrogens (tertiary/aromatic N) is 6. The molecule has 0 saturated carbocycles. The van der Waals surface area contributed by atoms with Gasteiger partial charge in [0.2, 0.25) is 0 Å². The van der Waals surface area contributed by atoms with Crippen LogP contribution in [0.15, 0.2) is 79.8 Å². The lowest BCUT2D eigenvalue weighted by Gasteiger charge is -2.13. The number of anilines is 2. The highest BCUT2D eigenvalue weighted by molar-refractivity contribution is 5.83. The zero-order valence-electron chi connectivity index (χ0n) is 19.1. The molecular weight excluding hydrogens is 426 g/mol. The first-order valence-corrected chi connectivity index (χ1v) is 10.9. The molecule has 8 heteroatoms. The number of aryl methyl sites for hydroxylation is 2. The van der Waals surface area contributed by atoms with E-state index in [1.165, 1.54) is 0 Å². The van der Waals surface area contributed by atoms with Crippen LogP contribution in [0.2, 0.25) is 0 Å². The maximum Gasteiger partial charge on any atom is 0.161 e. The van der Waals surface area contributed by atoms with E-state index in [2.05, 4.69) is 33.5 Å². The zero-order valence-corrected chi connectivity index (χ0v) is 19.1. The Bertz CT molecular complexity index is 1660. The van der Waals surface area contributed by atoms with Crippen LogP contribution in [0.5, 0.6) is 5.75 Å². The van der Waals surface area contributed by atoms with Gasteiger partial charge in [-0.2, -0.15) is 0 Å². The molecule has 0 saturated heterocycles. The molecule has 0 aliphatic rings. The molecule has 8 nitrogen and oxygen atoms in total. The molecule has 0 amide bonds. The Balaban J connectivity index is 1.35. The molecule has 6 rings (SSSR count). The van der Waals surface area contributed by atoms with Crippen molar-refractivity contribution in [2.24, 2.45) is 7.05 Å². The van der Waals surface area contributed by atoms with Crippen molar-refractivity contribution in [3.63, 3.8) is 0 Å². The van der Waals surface area contributed by atoms with E-state index in [0.717, 1.165) is 56.4 Å². The first-order chi connectivity index (χ1) is 16.6. The van der Waals surface area contributed by atoms with Gasteiger partial charge in [0.05, 0.1) is 53.6 Å². The van der Waals surface area contributed by atoms with Gasteiger partial charge in [-0.05, 0) is 43.3 Å². The highest BCUT2D eigenvalue weighted by Gasteiger charge is 2.12. The average molecular weight is 450 g/mol. The molecule has 2 aromatic carbocycles. The molecule has 4 aromatic heterocycles. The molecule has 0 aliphatic carbocycles. The number of nitrogens with one attached hydrogen (secondary N) is 1. The topological polar surface area (TPSA) is 74.2 Å². The Morgan fingerprint density at radius 3 is 2.71 bits per heavy atom. The molecule has 6 aromatic rings. The molecule has 0 radical (unpaired) electrons. The molecule has 168 valence electrons. The van der Waals surface area contributed by atoms with E-state index < -0.39 is 0 Å². The largest absolute Gasteiger partial charge is 0.494 e. The van der Waals surface area contributed by atoms with Crippen LogP contribution in [0.25, 0.3) is 33.6 Å². The quantitative estimate of drug-likeness (QED) is 0.395. The molecule has 4 heterocycles. The van der Waals surface area contributed by atoms with Crippen LogP contribution in [-0.2, 0) is 7.05 Å². The SMILES string of the molecule is COc1cc(Nc2cccn3cc(-c4ccc5c(c4)ncn5C)nc23)ccc1-n1cnc(C)c1. The maximum atomic E-state index is 5.66. The van der Waals surface area contributed by atoms with Crippen molar-refractivity contribution in [1.29, 1.82) is 0 Å². The maximum absolute atomic E-state index is 5.66.